The molecule has 1 unspecified atom stereocenters. The van der Waals surface area contributed by atoms with Gasteiger partial charge in [-0.25, -0.2) is 0 Å². The molecule has 0 amide bonds. The summed E-state index contributed by atoms with van der Waals surface area (Å²) in [6.07, 6.45) is 7.13. The molecule has 1 heterocycles. The Balaban J connectivity index is 1.80. The molecule has 19 heavy (non-hydrogen) atoms. The number of nitrogens with zero attached hydrogens (tertiary/aromatic N) is 1. The van der Waals surface area contributed by atoms with Gasteiger partial charge in [-0.2, -0.15) is 0 Å². The zero-order valence-corrected chi connectivity index (χ0v) is 12.4. The van der Waals surface area contributed by atoms with Gasteiger partial charge in [-0.1, -0.05) is 6.07 Å². The number of rotatable bonds is 7. The number of nitrogens with one attached hydrogen (secondary N) is 1. The Morgan fingerprint density at radius 1 is 1.47 bits per heavy atom. The highest BCUT2D eigenvalue weighted by atomic mass is 16.5. The largest absolute Gasteiger partial charge is 0.378 e. The van der Waals surface area contributed by atoms with Gasteiger partial charge in [0.2, 0.25) is 0 Å². The minimum atomic E-state index is 0.518. The number of aromatic nitrogens is 1. The number of likely N-dealkylation sites (N-methyl/N-ethyl adjacent to an activating group) is 1. The van der Waals surface area contributed by atoms with Crippen molar-refractivity contribution in [2.75, 3.05) is 13.7 Å². The highest BCUT2D eigenvalue weighted by Crippen LogP contribution is 2.34. The minimum absolute atomic E-state index is 0.518. The van der Waals surface area contributed by atoms with Crippen LogP contribution in [-0.4, -0.2) is 30.8 Å². The SMILES string of the molecule is CCOC1CC(CC(Cc2ncccc2C)NC)C1. The van der Waals surface area contributed by atoms with Crippen molar-refractivity contribution in [1.82, 2.24) is 10.3 Å². The van der Waals surface area contributed by atoms with E-state index in [9.17, 15) is 0 Å². The van der Waals surface area contributed by atoms with Gasteiger partial charge in [0.25, 0.3) is 0 Å². The molecule has 0 aromatic carbocycles. The Bertz CT molecular complexity index is 388. The van der Waals surface area contributed by atoms with Gasteiger partial charge in [0.1, 0.15) is 0 Å². The second-order valence-corrected chi connectivity index (χ2v) is 5.61. The van der Waals surface area contributed by atoms with Crippen molar-refractivity contribution in [3.63, 3.8) is 0 Å². The summed E-state index contributed by atoms with van der Waals surface area (Å²) in [7, 11) is 2.06. The van der Waals surface area contributed by atoms with Crippen LogP contribution in [0.15, 0.2) is 18.3 Å². The zero-order chi connectivity index (χ0) is 13.7. The van der Waals surface area contributed by atoms with E-state index in [-0.39, 0.29) is 0 Å². The smallest absolute Gasteiger partial charge is 0.0580 e. The van der Waals surface area contributed by atoms with Gasteiger partial charge < -0.3 is 10.1 Å². The number of hydrogen-bond acceptors (Lipinski definition) is 3. The van der Waals surface area contributed by atoms with Crippen LogP contribution < -0.4 is 5.32 Å². The summed E-state index contributed by atoms with van der Waals surface area (Å²) in [5, 5.41) is 3.44. The molecule has 1 fully saturated rings. The summed E-state index contributed by atoms with van der Waals surface area (Å²) in [5.41, 5.74) is 2.52. The van der Waals surface area contributed by atoms with Crippen LogP contribution in [0.1, 0.15) is 37.4 Å². The summed E-state index contributed by atoms with van der Waals surface area (Å²) in [6, 6.07) is 4.68. The van der Waals surface area contributed by atoms with Crippen LogP contribution in [0.5, 0.6) is 0 Å². The number of pyridine rings is 1. The Morgan fingerprint density at radius 2 is 2.26 bits per heavy atom. The van der Waals surface area contributed by atoms with Gasteiger partial charge in [0.05, 0.1) is 6.10 Å². The molecule has 106 valence electrons. The predicted octanol–water partition coefficient (Wildman–Crippen LogP) is 2.73. The van der Waals surface area contributed by atoms with Gasteiger partial charge in [0.15, 0.2) is 0 Å². The van der Waals surface area contributed by atoms with Crippen molar-refractivity contribution in [3.8, 4) is 0 Å². The first-order valence-corrected chi connectivity index (χ1v) is 7.42. The minimum Gasteiger partial charge on any atom is -0.378 e. The van der Waals surface area contributed by atoms with E-state index in [0.717, 1.165) is 18.9 Å². The average Bonchev–Trinajstić information content (AvgIpc) is 2.37. The fraction of sp³-hybridized carbons (Fsp3) is 0.688. The van der Waals surface area contributed by atoms with Crippen LogP contribution in [0.3, 0.4) is 0 Å². The van der Waals surface area contributed by atoms with Crippen LogP contribution in [0.4, 0.5) is 0 Å². The molecule has 1 aromatic rings. The van der Waals surface area contributed by atoms with Crippen LogP contribution in [0, 0.1) is 12.8 Å². The molecule has 1 aliphatic carbocycles. The van der Waals surface area contributed by atoms with Gasteiger partial charge >= 0.3 is 0 Å². The maximum atomic E-state index is 5.63. The molecule has 1 aromatic heterocycles. The number of ether oxygens (including phenoxy) is 1. The fourth-order valence-corrected chi connectivity index (χ4v) is 2.91. The quantitative estimate of drug-likeness (QED) is 0.820. The number of aryl methyl sites for hydroxylation is 1. The van der Waals surface area contributed by atoms with Crippen molar-refractivity contribution in [3.05, 3.63) is 29.6 Å². The number of hydrogen-bond donors (Lipinski definition) is 1. The molecule has 3 heteroatoms. The van der Waals surface area contributed by atoms with Crippen LogP contribution in [0.2, 0.25) is 0 Å². The average molecular weight is 262 g/mol. The van der Waals surface area contributed by atoms with E-state index < -0.39 is 0 Å². The van der Waals surface area contributed by atoms with Crippen LogP contribution in [-0.2, 0) is 11.2 Å². The second kappa shape index (κ2) is 7.01. The second-order valence-electron chi connectivity index (χ2n) is 5.61. The first-order valence-electron chi connectivity index (χ1n) is 7.42. The zero-order valence-electron chi connectivity index (χ0n) is 12.4. The van der Waals surface area contributed by atoms with E-state index in [1.165, 1.54) is 30.5 Å². The molecule has 0 spiro atoms. The standard InChI is InChI=1S/C16H26N2O/c1-4-19-15-9-13(10-15)8-14(17-3)11-16-12(2)6-5-7-18-16/h5-7,13-15,17H,4,8-11H2,1-3H3. The molecular weight excluding hydrogens is 236 g/mol. The summed E-state index contributed by atoms with van der Waals surface area (Å²) in [5.74, 6) is 0.818. The summed E-state index contributed by atoms with van der Waals surface area (Å²) >= 11 is 0. The predicted molar refractivity (Wildman–Crippen MR) is 78.3 cm³/mol. The van der Waals surface area contributed by atoms with E-state index in [0.29, 0.717) is 12.1 Å². The van der Waals surface area contributed by atoms with Gasteiger partial charge in [0, 0.05) is 31.0 Å². The van der Waals surface area contributed by atoms with E-state index in [4.69, 9.17) is 4.74 Å². The lowest BCUT2D eigenvalue weighted by molar-refractivity contribution is -0.0288. The van der Waals surface area contributed by atoms with E-state index in [1.807, 2.05) is 12.3 Å². The normalized spacial score (nSPS) is 23.9. The summed E-state index contributed by atoms with van der Waals surface area (Å²) in [4.78, 5) is 4.50. The highest BCUT2D eigenvalue weighted by Gasteiger charge is 2.31. The molecule has 0 radical (unpaired) electrons. The molecule has 1 atom stereocenters. The topological polar surface area (TPSA) is 34.1 Å². The molecule has 0 saturated heterocycles. The monoisotopic (exact) mass is 262 g/mol. The molecular formula is C16H26N2O. The van der Waals surface area contributed by atoms with E-state index in [2.05, 4.69) is 37.3 Å². The Labute approximate surface area is 116 Å². The van der Waals surface area contributed by atoms with E-state index >= 15 is 0 Å². The summed E-state index contributed by atoms with van der Waals surface area (Å²) in [6.45, 7) is 5.07. The first-order chi connectivity index (χ1) is 9.22. The summed E-state index contributed by atoms with van der Waals surface area (Å²) < 4.78 is 5.63. The van der Waals surface area contributed by atoms with Gasteiger partial charge in [-0.15, -0.1) is 0 Å². The van der Waals surface area contributed by atoms with Gasteiger partial charge in [-0.3, -0.25) is 4.98 Å². The van der Waals surface area contributed by atoms with Crippen molar-refractivity contribution < 1.29 is 4.74 Å². The first kappa shape index (κ1) is 14.5. The Hall–Kier alpha value is -0.930. The van der Waals surface area contributed by atoms with Crippen molar-refractivity contribution in [1.29, 1.82) is 0 Å². The third-order valence-electron chi connectivity index (χ3n) is 4.18. The third kappa shape index (κ3) is 4.02. The molecule has 1 N–H and O–H groups in total. The lowest BCUT2D eigenvalue weighted by atomic mass is 9.77. The van der Waals surface area contributed by atoms with Crippen molar-refractivity contribution in [2.24, 2.45) is 5.92 Å². The lowest BCUT2D eigenvalue weighted by Gasteiger charge is -2.37. The van der Waals surface area contributed by atoms with E-state index in [1.54, 1.807) is 0 Å². The molecule has 2 rings (SSSR count). The van der Waals surface area contributed by atoms with Crippen molar-refractivity contribution in [2.45, 2.75) is 51.7 Å². The molecule has 1 saturated carbocycles. The molecule has 0 aliphatic heterocycles. The van der Waals surface area contributed by atoms with Crippen LogP contribution >= 0.6 is 0 Å². The van der Waals surface area contributed by atoms with Crippen molar-refractivity contribution >= 4 is 0 Å². The molecule has 1 aliphatic rings. The highest BCUT2D eigenvalue weighted by molar-refractivity contribution is 5.18. The maximum Gasteiger partial charge on any atom is 0.0580 e. The molecule has 3 nitrogen and oxygen atoms in total. The Kier molecular flexibility index (Phi) is 5.34. The van der Waals surface area contributed by atoms with Gasteiger partial charge in [-0.05, 0) is 57.7 Å². The lowest BCUT2D eigenvalue weighted by Crippen LogP contribution is -2.38. The Morgan fingerprint density at radius 3 is 2.89 bits per heavy atom. The maximum absolute atomic E-state index is 5.63. The molecule has 0 bridgehead atoms. The van der Waals surface area contributed by atoms with Crippen LogP contribution in [0.25, 0.3) is 0 Å². The third-order valence-corrected chi connectivity index (χ3v) is 4.18. The fourth-order valence-electron chi connectivity index (χ4n) is 2.91.